The first-order chi connectivity index (χ1) is 11.6. The second-order valence-electron chi connectivity index (χ2n) is 5.91. The van der Waals surface area contributed by atoms with Gasteiger partial charge >= 0.3 is 0 Å². The summed E-state index contributed by atoms with van der Waals surface area (Å²) in [6.07, 6.45) is 2.88. The Morgan fingerprint density at radius 2 is 1.88 bits per heavy atom. The lowest BCUT2D eigenvalue weighted by Crippen LogP contribution is -2.08. The predicted molar refractivity (Wildman–Crippen MR) is 94.7 cm³/mol. The average Bonchev–Trinajstić information content (AvgIpc) is 2.96. The largest absolute Gasteiger partial charge is 0.294 e. The SMILES string of the molecule is CCc1ccccc1-n1ncc(C(=O)Cc2cccc(C)n2)c1C. The van der Waals surface area contributed by atoms with Crippen LogP contribution < -0.4 is 0 Å². The molecule has 3 rings (SSSR count). The summed E-state index contributed by atoms with van der Waals surface area (Å²) in [4.78, 5) is 17.1. The summed E-state index contributed by atoms with van der Waals surface area (Å²) in [6, 6.07) is 13.9. The number of benzene rings is 1. The highest BCUT2D eigenvalue weighted by Crippen LogP contribution is 2.19. The smallest absolute Gasteiger partial charge is 0.172 e. The Hall–Kier alpha value is -2.75. The molecule has 0 N–H and O–H groups in total. The summed E-state index contributed by atoms with van der Waals surface area (Å²) in [5.41, 5.74) is 5.48. The van der Waals surface area contributed by atoms with E-state index in [9.17, 15) is 4.79 Å². The van der Waals surface area contributed by atoms with Crippen LogP contribution in [0.2, 0.25) is 0 Å². The average molecular weight is 319 g/mol. The van der Waals surface area contributed by atoms with Crippen LogP contribution in [0.5, 0.6) is 0 Å². The van der Waals surface area contributed by atoms with Crippen molar-refractivity contribution in [1.29, 1.82) is 0 Å². The predicted octanol–water partition coefficient (Wildman–Crippen LogP) is 3.87. The van der Waals surface area contributed by atoms with Gasteiger partial charge in [0.1, 0.15) is 0 Å². The maximum atomic E-state index is 12.7. The molecule has 0 unspecified atom stereocenters. The van der Waals surface area contributed by atoms with Gasteiger partial charge in [-0.1, -0.05) is 31.2 Å². The first-order valence-electron chi connectivity index (χ1n) is 8.18. The van der Waals surface area contributed by atoms with Gasteiger partial charge in [-0.05, 0) is 44.0 Å². The number of Topliss-reactive ketones (excluding diaryl/α,β-unsaturated/α-hetero) is 1. The Morgan fingerprint density at radius 1 is 1.08 bits per heavy atom. The van der Waals surface area contributed by atoms with Crippen molar-refractivity contribution in [1.82, 2.24) is 14.8 Å². The lowest BCUT2D eigenvalue weighted by Gasteiger charge is -2.10. The summed E-state index contributed by atoms with van der Waals surface area (Å²) in [5.74, 6) is 0.0471. The third-order valence-corrected chi connectivity index (χ3v) is 4.20. The number of aryl methyl sites for hydroxylation is 2. The number of carbonyl (C=O) groups excluding carboxylic acids is 1. The van der Waals surface area contributed by atoms with Gasteiger partial charge in [0.25, 0.3) is 0 Å². The van der Waals surface area contributed by atoms with Crippen LogP contribution in [0.25, 0.3) is 5.69 Å². The van der Waals surface area contributed by atoms with E-state index in [-0.39, 0.29) is 5.78 Å². The highest BCUT2D eigenvalue weighted by Gasteiger charge is 2.17. The van der Waals surface area contributed by atoms with Gasteiger partial charge in [0.2, 0.25) is 0 Å². The van der Waals surface area contributed by atoms with Crippen LogP contribution in [0.15, 0.2) is 48.7 Å². The Labute approximate surface area is 142 Å². The number of hydrogen-bond acceptors (Lipinski definition) is 3. The lowest BCUT2D eigenvalue weighted by molar-refractivity contribution is 0.0991. The van der Waals surface area contributed by atoms with Gasteiger partial charge in [0.05, 0.1) is 29.6 Å². The van der Waals surface area contributed by atoms with E-state index in [1.54, 1.807) is 6.20 Å². The van der Waals surface area contributed by atoms with E-state index in [4.69, 9.17) is 0 Å². The third kappa shape index (κ3) is 3.13. The molecule has 0 aliphatic heterocycles. The lowest BCUT2D eigenvalue weighted by atomic mass is 10.1. The number of rotatable bonds is 5. The number of carbonyl (C=O) groups is 1. The van der Waals surface area contributed by atoms with Gasteiger partial charge < -0.3 is 0 Å². The van der Waals surface area contributed by atoms with Gasteiger partial charge in [-0.2, -0.15) is 5.10 Å². The number of aromatic nitrogens is 3. The molecule has 122 valence electrons. The normalized spacial score (nSPS) is 10.8. The number of nitrogens with zero attached hydrogens (tertiary/aromatic N) is 3. The third-order valence-electron chi connectivity index (χ3n) is 4.20. The molecule has 0 aliphatic carbocycles. The topological polar surface area (TPSA) is 47.8 Å². The van der Waals surface area contributed by atoms with E-state index < -0.39 is 0 Å². The van der Waals surface area contributed by atoms with E-state index >= 15 is 0 Å². The van der Waals surface area contributed by atoms with Crippen LogP contribution in [0, 0.1) is 13.8 Å². The van der Waals surface area contributed by atoms with Crippen LogP contribution in [0.4, 0.5) is 0 Å². The van der Waals surface area contributed by atoms with Gasteiger partial charge in [-0.25, -0.2) is 4.68 Å². The zero-order valence-corrected chi connectivity index (χ0v) is 14.3. The molecule has 0 aliphatic rings. The molecule has 3 aromatic rings. The number of para-hydroxylation sites is 1. The van der Waals surface area contributed by atoms with Crippen LogP contribution in [0.3, 0.4) is 0 Å². The zero-order chi connectivity index (χ0) is 17.1. The quantitative estimate of drug-likeness (QED) is 0.671. The minimum absolute atomic E-state index is 0.0471. The van der Waals surface area contributed by atoms with Crippen molar-refractivity contribution < 1.29 is 4.79 Å². The van der Waals surface area contributed by atoms with Crippen LogP contribution in [0.1, 0.15) is 39.9 Å². The van der Waals surface area contributed by atoms with Gasteiger partial charge in [-0.15, -0.1) is 0 Å². The molecule has 4 heteroatoms. The fourth-order valence-electron chi connectivity index (χ4n) is 2.90. The zero-order valence-electron chi connectivity index (χ0n) is 14.3. The molecule has 1 aromatic carbocycles. The maximum absolute atomic E-state index is 12.7. The van der Waals surface area contributed by atoms with Crippen molar-refractivity contribution in [2.75, 3.05) is 0 Å². The summed E-state index contributed by atoms with van der Waals surface area (Å²) < 4.78 is 1.86. The molecule has 0 spiro atoms. The van der Waals surface area contributed by atoms with Crippen LogP contribution in [-0.4, -0.2) is 20.5 Å². The van der Waals surface area contributed by atoms with Crippen molar-refractivity contribution in [3.8, 4) is 5.69 Å². The summed E-state index contributed by atoms with van der Waals surface area (Å²) >= 11 is 0. The molecule has 0 saturated carbocycles. The Kier molecular flexibility index (Phi) is 4.56. The molecule has 0 amide bonds. The Balaban J connectivity index is 1.91. The Morgan fingerprint density at radius 3 is 2.62 bits per heavy atom. The molecule has 2 aromatic heterocycles. The summed E-state index contributed by atoms with van der Waals surface area (Å²) in [7, 11) is 0. The minimum Gasteiger partial charge on any atom is -0.294 e. The number of ketones is 1. The Bertz CT molecular complexity index is 880. The molecule has 4 nitrogen and oxygen atoms in total. The van der Waals surface area contributed by atoms with E-state index in [0.717, 1.165) is 29.2 Å². The maximum Gasteiger partial charge on any atom is 0.172 e. The highest BCUT2D eigenvalue weighted by atomic mass is 16.1. The molecular weight excluding hydrogens is 298 g/mol. The van der Waals surface area contributed by atoms with Crippen molar-refractivity contribution in [2.24, 2.45) is 0 Å². The molecule has 24 heavy (non-hydrogen) atoms. The molecule has 0 atom stereocenters. The van der Waals surface area contributed by atoms with Crippen molar-refractivity contribution >= 4 is 5.78 Å². The van der Waals surface area contributed by atoms with Crippen LogP contribution in [-0.2, 0) is 12.8 Å². The van der Waals surface area contributed by atoms with Gasteiger partial charge in [0.15, 0.2) is 5.78 Å². The van der Waals surface area contributed by atoms with E-state index in [2.05, 4.69) is 23.1 Å². The first kappa shape index (κ1) is 16.1. The van der Waals surface area contributed by atoms with Crippen LogP contribution >= 0.6 is 0 Å². The second-order valence-corrected chi connectivity index (χ2v) is 5.91. The molecule has 0 bridgehead atoms. The van der Waals surface area contributed by atoms with Gasteiger partial charge in [-0.3, -0.25) is 9.78 Å². The van der Waals surface area contributed by atoms with Crippen molar-refractivity contribution in [3.63, 3.8) is 0 Å². The summed E-state index contributed by atoms with van der Waals surface area (Å²) in [5, 5.41) is 4.45. The first-order valence-corrected chi connectivity index (χ1v) is 8.18. The molecule has 0 fully saturated rings. The van der Waals surface area contributed by atoms with Crippen molar-refractivity contribution in [3.05, 3.63) is 76.9 Å². The van der Waals surface area contributed by atoms with E-state index in [1.165, 1.54) is 5.56 Å². The molecular formula is C20H21N3O. The van der Waals surface area contributed by atoms with E-state index in [1.807, 2.05) is 54.9 Å². The fourth-order valence-corrected chi connectivity index (χ4v) is 2.90. The minimum atomic E-state index is 0.0471. The number of pyridine rings is 1. The molecule has 2 heterocycles. The standard InChI is InChI=1S/C20H21N3O/c1-4-16-9-5-6-11-19(16)23-15(3)18(13-21-23)20(24)12-17-10-7-8-14(2)22-17/h5-11,13H,4,12H2,1-3H3. The number of hydrogen-bond donors (Lipinski definition) is 0. The molecule has 0 saturated heterocycles. The fraction of sp³-hybridized carbons (Fsp3) is 0.250. The van der Waals surface area contributed by atoms with E-state index in [0.29, 0.717) is 12.0 Å². The van der Waals surface area contributed by atoms with Gasteiger partial charge in [0, 0.05) is 11.4 Å². The highest BCUT2D eigenvalue weighted by molar-refractivity contribution is 5.98. The molecule has 0 radical (unpaired) electrons. The summed E-state index contributed by atoms with van der Waals surface area (Å²) in [6.45, 7) is 5.99. The van der Waals surface area contributed by atoms with Crippen molar-refractivity contribution in [2.45, 2.75) is 33.6 Å². The second kappa shape index (κ2) is 6.79. The monoisotopic (exact) mass is 319 g/mol.